The molecule has 0 aromatic heterocycles. The van der Waals surface area contributed by atoms with Crippen LogP contribution in [-0.2, 0) is 4.79 Å². The zero-order valence-electron chi connectivity index (χ0n) is 1.43. The van der Waals surface area contributed by atoms with E-state index in [1.54, 1.807) is 0 Å². The number of hydrogen-bond acceptors (Lipinski definition) is 1. The molecule has 0 bridgehead atoms. The van der Waals surface area contributed by atoms with Gasteiger partial charge in [-0.1, -0.05) is 0 Å². The molecule has 0 aliphatic carbocycles. The van der Waals surface area contributed by atoms with Gasteiger partial charge >= 0.3 is 23.9 Å². The summed E-state index contributed by atoms with van der Waals surface area (Å²) in [5.74, 6) is 0. The summed E-state index contributed by atoms with van der Waals surface area (Å²) in [6.07, 6.45) is 0. The molecule has 0 unspecified atom stereocenters. The Morgan fingerprint density at radius 1 is 1.75 bits per heavy atom. The molecule has 0 spiro atoms. The van der Waals surface area contributed by atoms with Crippen LogP contribution in [0.3, 0.4) is 0 Å². The summed E-state index contributed by atoms with van der Waals surface area (Å²) in [7, 11) is 0. The van der Waals surface area contributed by atoms with E-state index in [1.807, 2.05) is 0 Å². The second kappa shape index (κ2) is 10.5. The Hall–Kier alpha value is 0.269. The predicted molar refractivity (Wildman–Crippen MR) is 20.0 cm³/mol. The van der Waals surface area contributed by atoms with Crippen LogP contribution >= 0.6 is 0 Å². The first kappa shape index (κ1) is 8.86. The van der Waals surface area contributed by atoms with Gasteiger partial charge in [-0.3, -0.25) is 4.79 Å². The molecule has 0 atom stereocenters. The average molecular weight is 169 g/mol. The van der Waals surface area contributed by atoms with Crippen molar-refractivity contribution in [2.75, 3.05) is 0 Å². The van der Waals surface area contributed by atoms with Gasteiger partial charge in [-0.15, -0.1) is 0 Å². The van der Waals surface area contributed by atoms with Crippen molar-refractivity contribution in [3.05, 3.63) is 0 Å². The molecule has 4 heavy (non-hydrogen) atoms. The third-order valence-corrected chi connectivity index (χ3v) is 0. The minimum atomic E-state index is -0.250. The second-order valence-corrected chi connectivity index (χ2v) is 0.105. The second-order valence-electron chi connectivity index (χ2n) is 0.105. The molecule has 0 heterocycles. The Morgan fingerprint density at radius 3 is 1.75 bits per heavy atom. The van der Waals surface area contributed by atoms with E-state index >= 15 is 0 Å². The van der Waals surface area contributed by atoms with Gasteiger partial charge in [0.05, 0.1) is 0 Å². The van der Waals surface area contributed by atoms with Crippen molar-refractivity contribution >= 4 is 30.4 Å². The number of rotatable bonds is 0. The fourth-order valence-corrected chi connectivity index (χ4v) is 0. The van der Waals surface area contributed by atoms with Gasteiger partial charge in [0.15, 0.2) is 0 Å². The zero-order valence-corrected chi connectivity index (χ0v) is 1.43. The zero-order chi connectivity index (χ0) is 2.71. The number of hydrogen-bond donors (Lipinski definition) is 1. The molecule has 26 valence electrons. The molecule has 0 aliphatic rings. The van der Waals surface area contributed by atoms with E-state index < -0.39 is 0 Å². The fourth-order valence-electron chi connectivity index (χ4n) is 0. The van der Waals surface area contributed by atoms with Crippen molar-refractivity contribution in [2.45, 2.75) is 0 Å². The molecule has 0 rings (SSSR count). The molecular formula is CH6O2Sn. The Kier molecular flexibility index (Phi) is 23.2. The normalized spacial score (nSPS) is 3.00. The van der Waals surface area contributed by atoms with Gasteiger partial charge in [-0.2, -0.15) is 0 Å². The molecule has 0 fully saturated rings. The maximum absolute atomic E-state index is 8.36. The third-order valence-electron chi connectivity index (χ3n) is 0. The summed E-state index contributed by atoms with van der Waals surface area (Å²) >= 11 is 0. The summed E-state index contributed by atoms with van der Waals surface area (Å²) in [6.45, 7) is -0.250. The average Bonchev–Trinajstić information content (AvgIpc) is 0.918. The summed E-state index contributed by atoms with van der Waals surface area (Å²) in [5.41, 5.74) is 0. The van der Waals surface area contributed by atoms with E-state index in [-0.39, 0.29) is 30.4 Å². The van der Waals surface area contributed by atoms with Crippen LogP contribution in [0.4, 0.5) is 0 Å². The van der Waals surface area contributed by atoms with E-state index in [1.165, 1.54) is 0 Å². The Bertz CT molecular complexity index is 13.5. The van der Waals surface area contributed by atoms with Crippen molar-refractivity contribution < 1.29 is 9.90 Å². The molecule has 0 aromatic carbocycles. The van der Waals surface area contributed by atoms with Crippen LogP contribution in [0.25, 0.3) is 0 Å². The van der Waals surface area contributed by atoms with Crippen molar-refractivity contribution in [1.82, 2.24) is 0 Å². The van der Waals surface area contributed by atoms with Crippen LogP contribution in [0.15, 0.2) is 0 Å². The molecule has 0 saturated carbocycles. The molecular weight excluding hydrogens is 163 g/mol. The molecule has 0 aliphatic heterocycles. The monoisotopic (exact) mass is 170 g/mol. The first-order valence-corrected chi connectivity index (χ1v) is 0.494. The van der Waals surface area contributed by atoms with Gasteiger partial charge in [0.2, 0.25) is 0 Å². The first-order chi connectivity index (χ1) is 1.41. The van der Waals surface area contributed by atoms with E-state index in [4.69, 9.17) is 9.90 Å². The number of carbonyl (C=O) groups is 1. The van der Waals surface area contributed by atoms with Crippen molar-refractivity contribution in [2.24, 2.45) is 0 Å². The van der Waals surface area contributed by atoms with Crippen LogP contribution in [0.2, 0.25) is 0 Å². The predicted octanol–water partition coefficient (Wildman–Crippen LogP) is -1.75. The van der Waals surface area contributed by atoms with Crippen LogP contribution in [-0.4, -0.2) is 35.5 Å². The molecule has 2 nitrogen and oxygen atoms in total. The van der Waals surface area contributed by atoms with E-state index in [0.29, 0.717) is 0 Å². The van der Waals surface area contributed by atoms with Crippen LogP contribution in [0, 0.1) is 0 Å². The Labute approximate surface area is 40.8 Å². The molecule has 3 heteroatoms. The van der Waals surface area contributed by atoms with Crippen molar-refractivity contribution in [1.29, 1.82) is 0 Å². The third kappa shape index (κ3) is 50.6. The van der Waals surface area contributed by atoms with Gasteiger partial charge < -0.3 is 5.11 Å². The Balaban J connectivity index is 0. The van der Waals surface area contributed by atoms with E-state index in [0.717, 1.165) is 0 Å². The maximum atomic E-state index is 8.36. The first-order valence-electron chi connectivity index (χ1n) is 0.494. The quantitative estimate of drug-likeness (QED) is 0.344. The van der Waals surface area contributed by atoms with Gasteiger partial charge in [0.1, 0.15) is 0 Å². The fraction of sp³-hybridized carbons (Fsp3) is 0. The van der Waals surface area contributed by atoms with Crippen molar-refractivity contribution in [3.8, 4) is 0 Å². The standard InChI is InChI=1S/CH2O2.Sn.4H/c2-1-3;;;;;/h1H,(H,2,3);;;;;. The van der Waals surface area contributed by atoms with Crippen LogP contribution < -0.4 is 0 Å². The summed E-state index contributed by atoms with van der Waals surface area (Å²) in [4.78, 5) is 8.36. The van der Waals surface area contributed by atoms with Gasteiger partial charge in [0, 0.05) is 0 Å². The van der Waals surface area contributed by atoms with Gasteiger partial charge in [-0.25, -0.2) is 0 Å². The van der Waals surface area contributed by atoms with Crippen LogP contribution in [0.5, 0.6) is 0 Å². The van der Waals surface area contributed by atoms with Gasteiger partial charge in [0.25, 0.3) is 6.47 Å². The summed E-state index contributed by atoms with van der Waals surface area (Å²) in [6, 6.07) is 0. The molecule has 0 saturated heterocycles. The Morgan fingerprint density at radius 2 is 1.75 bits per heavy atom. The number of carboxylic acid groups (broad SMARTS) is 1. The SMILES string of the molecule is O=CO.[SnH4]. The molecule has 0 radical (unpaired) electrons. The molecule has 0 aromatic rings. The molecule has 0 amide bonds. The summed E-state index contributed by atoms with van der Waals surface area (Å²) in [5, 5.41) is 6.89. The summed E-state index contributed by atoms with van der Waals surface area (Å²) < 4.78 is 0. The van der Waals surface area contributed by atoms with Crippen LogP contribution in [0.1, 0.15) is 0 Å². The topological polar surface area (TPSA) is 37.3 Å². The van der Waals surface area contributed by atoms with E-state index in [9.17, 15) is 0 Å². The van der Waals surface area contributed by atoms with E-state index in [2.05, 4.69) is 0 Å². The molecule has 1 N–H and O–H groups in total. The minimum absolute atomic E-state index is 0. The van der Waals surface area contributed by atoms with Gasteiger partial charge in [-0.05, 0) is 0 Å². The van der Waals surface area contributed by atoms with Crippen molar-refractivity contribution in [3.63, 3.8) is 0 Å².